The van der Waals surface area contributed by atoms with Crippen molar-refractivity contribution in [3.63, 3.8) is 0 Å². The zero-order chi connectivity index (χ0) is 13.7. The van der Waals surface area contributed by atoms with E-state index >= 15 is 0 Å². The summed E-state index contributed by atoms with van der Waals surface area (Å²) >= 11 is 0. The molecule has 1 aliphatic rings. The highest BCUT2D eigenvalue weighted by atomic mass is 19.4. The zero-order valence-electron chi connectivity index (χ0n) is 10.9. The molecule has 1 aliphatic carbocycles. The van der Waals surface area contributed by atoms with Crippen molar-refractivity contribution in [2.75, 3.05) is 6.54 Å². The van der Waals surface area contributed by atoms with Gasteiger partial charge in [0.05, 0.1) is 5.92 Å². The van der Waals surface area contributed by atoms with Crippen LogP contribution >= 0.6 is 0 Å². The first-order valence-corrected chi connectivity index (χ1v) is 6.89. The Bertz CT molecular complexity index is 375. The summed E-state index contributed by atoms with van der Waals surface area (Å²) in [6, 6.07) is 9.78. The van der Waals surface area contributed by atoms with Crippen LogP contribution in [-0.2, 0) is 6.54 Å². The van der Waals surface area contributed by atoms with Crippen LogP contribution in [0.1, 0.15) is 31.2 Å². The summed E-state index contributed by atoms with van der Waals surface area (Å²) in [6.45, 7) is 1.10. The van der Waals surface area contributed by atoms with Crippen LogP contribution in [0.4, 0.5) is 13.2 Å². The van der Waals surface area contributed by atoms with Crippen LogP contribution in [0.2, 0.25) is 0 Å². The minimum atomic E-state index is -4.04. The number of hydrogen-bond acceptors (Lipinski definition) is 1. The van der Waals surface area contributed by atoms with Gasteiger partial charge in [-0.15, -0.1) is 0 Å². The van der Waals surface area contributed by atoms with E-state index in [1.807, 2.05) is 30.3 Å². The average molecular weight is 271 g/mol. The predicted octanol–water partition coefficient (Wildman–Crippen LogP) is 4.14. The van der Waals surface area contributed by atoms with Crippen molar-refractivity contribution in [1.82, 2.24) is 5.32 Å². The molecule has 0 bridgehead atoms. The fraction of sp³-hybridized carbons (Fsp3) is 0.600. The molecular weight excluding hydrogens is 251 g/mol. The van der Waals surface area contributed by atoms with Crippen LogP contribution in [0.5, 0.6) is 0 Å². The first-order valence-electron chi connectivity index (χ1n) is 6.89. The normalized spacial score (nSPS) is 24.4. The van der Waals surface area contributed by atoms with Crippen molar-refractivity contribution >= 4 is 0 Å². The Morgan fingerprint density at radius 3 is 2.42 bits per heavy atom. The standard InChI is InChI=1S/C15H20F3N/c16-15(17,18)14-9-5-4-8-13(14)11-19-10-12-6-2-1-3-7-12/h1-3,6-7,13-14,19H,4-5,8-11H2. The summed E-state index contributed by atoms with van der Waals surface area (Å²) < 4.78 is 38.7. The number of hydrogen-bond donors (Lipinski definition) is 1. The van der Waals surface area contributed by atoms with Gasteiger partial charge in [0.15, 0.2) is 0 Å². The van der Waals surface area contributed by atoms with Crippen molar-refractivity contribution < 1.29 is 13.2 Å². The van der Waals surface area contributed by atoms with Crippen LogP contribution < -0.4 is 5.32 Å². The average Bonchev–Trinajstić information content (AvgIpc) is 2.39. The van der Waals surface area contributed by atoms with Gasteiger partial charge in [0.25, 0.3) is 0 Å². The Morgan fingerprint density at radius 2 is 1.74 bits per heavy atom. The Hall–Kier alpha value is -1.03. The van der Waals surface area contributed by atoms with Crippen molar-refractivity contribution in [1.29, 1.82) is 0 Å². The summed E-state index contributed by atoms with van der Waals surface area (Å²) in [4.78, 5) is 0. The summed E-state index contributed by atoms with van der Waals surface area (Å²) in [6.07, 6.45) is -1.43. The molecule has 0 aliphatic heterocycles. The van der Waals surface area contributed by atoms with Gasteiger partial charge in [-0.05, 0) is 30.9 Å². The monoisotopic (exact) mass is 271 g/mol. The highest BCUT2D eigenvalue weighted by Crippen LogP contribution is 2.41. The smallest absolute Gasteiger partial charge is 0.312 e. The topological polar surface area (TPSA) is 12.0 Å². The van der Waals surface area contributed by atoms with Crippen molar-refractivity contribution in [2.45, 2.75) is 38.4 Å². The molecule has 0 heterocycles. The molecule has 0 aromatic heterocycles. The van der Waals surface area contributed by atoms with Gasteiger partial charge >= 0.3 is 6.18 Å². The van der Waals surface area contributed by atoms with Gasteiger partial charge < -0.3 is 5.32 Å². The fourth-order valence-corrected chi connectivity index (χ4v) is 2.88. The van der Waals surface area contributed by atoms with Crippen LogP contribution in [0.25, 0.3) is 0 Å². The lowest BCUT2D eigenvalue weighted by Gasteiger charge is -2.33. The molecule has 0 radical (unpaired) electrons. The molecule has 0 saturated heterocycles. The molecule has 4 heteroatoms. The maximum absolute atomic E-state index is 12.9. The Labute approximate surface area is 112 Å². The third-order valence-electron chi connectivity index (χ3n) is 3.91. The van der Waals surface area contributed by atoms with Crippen LogP contribution in [0.3, 0.4) is 0 Å². The fourth-order valence-electron chi connectivity index (χ4n) is 2.88. The molecule has 2 atom stereocenters. The SMILES string of the molecule is FC(F)(F)C1CCCCC1CNCc1ccccc1. The lowest BCUT2D eigenvalue weighted by molar-refractivity contribution is -0.195. The third-order valence-corrected chi connectivity index (χ3v) is 3.91. The molecule has 1 saturated carbocycles. The minimum absolute atomic E-state index is 0.266. The Kier molecular flexibility index (Phi) is 4.86. The lowest BCUT2D eigenvalue weighted by atomic mass is 9.78. The predicted molar refractivity (Wildman–Crippen MR) is 69.7 cm³/mol. The maximum atomic E-state index is 12.9. The van der Waals surface area contributed by atoms with Gasteiger partial charge in [-0.3, -0.25) is 0 Å². The highest BCUT2D eigenvalue weighted by Gasteiger charge is 2.44. The number of benzene rings is 1. The van der Waals surface area contributed by atoms with E-state index in [-0.39, 0.29) is 5.92 Å². The van der Waals surface area contributed by atoms with E-state index in [9.17, 15) is 13.2 Å². The van der Waals surface area contributed by atoms with Gasteiger partial charge in [0.1, 0.15) is 0 Å². The largest absolute Gasteiger partial charge is 0.392 e. The lowest BCUT2D eigenvalue weighted by Crippen LogP contribution is -2.38. The molecule has 2 rings (SSSR count). The van der Waals surface area contributed by atoms with Crippen molar-refractivity contribution in [3.8, 4) is 0 Å². The third kappa shape index (κ3) is 4.23. The maximum Gasteiger partial charge on any atom is 0.392 e. The van der Waals surface area contributed by atoms with Gasteiger partial charge in [-0.25, -0.2) is 0 Å². The summed E-state index contributed by atoms with van der Waals surface area (Å²) in [5.74, 6) is -1.39. The van der Waals surface area contributed by atoms with Crippen LogP contribution in [0, 0.1) is 11.8 Å². The molecule has 106 valence electrons. The van der Waals surface area contributed by atoms with Gasteiger partial charge in [0, 0.05) is 6.54 Å². The molecule has 1 aromatic carbocycles. The van der Waals surface area contributed by atoms with Gasteiger partial charge in [0.2, 0.25) is 0 Å². The molecule has 1 N–H and O–H groups in total. The van der Waals surface area contributed by atoms with E-state index < -0.39 is 12.1 Å². The van der Waals surface area contributed by atoms with Crippen molar-refractivity contribution in [2.24, 2.45) is 11.8 Å². The Balaban J connectivity index is 1.83. The first-order chi connectivity index (χ1) is 9.07. The van der Waals surface area contributed by atoms with Crippen LogP contribution in [0.15, 0.2) is 30.3 Å². The van der Waals surface area contributed by atoms with E-state index in [2.05, 4.69) is 5.32 Å². The van der Waals surface area contributed by atoms with Gasteiger partial charge in [-0.2, -0.15) is 13.2 Å². The van der Waals surface area contributed by atoms with Crippen LogP contribution in [-0.4, -0.2) is 12.7 Å². The van der Waals surface area contributed by atoms with E-state index in [1.165, 1.54) is 0 Å². The van der Waals surface area contributed by atoms with E-state index in [0.717, 1.165) is 12.0 Å². The minimum Gasteiger partial charge on any atom is -0.312 e. The number of rotatable bonds is 4. The second-order valence-corrected chi connectivity index (χ2v) is 5.31. The molecule has 1 nitrogen and oxygen atoms in total. The second kappa shape index (κ2) is 6.42. The molecule has 1 fully saturated rings. The summed E-state index contributed by atoms with van der Waals surface area (Å²) in [5, 5.41) is 3.17. The number of halogens is 3. The molecule has 19 heavy (non-hydrogen) atoms. The van der Waals surface area contributed by atoms with E-state index in [0.29, 0.717) is 32.4 Å². The number of nitrogens with one attached hydrogen (secondary N) is 1. The molecule has 2 unspecified atom stereocenters. The molecular formula is C15H20F3N. The first kappa shape index (κ1) is 14.4. The number of alkyl halides is 3. The second-order valence-electron chi connectivity index (χ2n) is 5.31. The van der Waals surface area contributed by atoms with Gasteiger partial charge in [-0.1, -0.05) is 43.2 Å². The zero-order valence-corrected chi connectivity index (χ0v) is 10.9. The van der Waals surface area contributed by atoms with E-state index in [1.54, 1.807) is 0 Å². The molecule has 0 amide bonds. The molecule has 1 aromatic rings. The quantitative estimate of drug-likeness (QED) is 0.867. The summed E-state index contributed by atoms with van der Waals surface area (Å²) in [5.41, 5.74) is 1.11. The Morgan fingerprint density at radius 1 is 1.05 bits per heavy atom. The molecule has 0 spiro atoms. The summed E-state index contributed by atoms with van der Waals surface area (Å²) in [7, 11) is 0. The van der Waals surface area contributed by atoms with E-state index in [4.69, 9.17) is 0 Å². The highest BCUT2D eigenvalue weighted by molar-refractivity contribution is 5.14. The van der Waals surface area contributed by atoms with Crippen molar-refractivity contribution in [3.05, 3.63) is 35.9 Å².